The molecule has 0 aliphatic carbocycles. The van der Waals surface area contributed by atoms with E-state index in [-0.39, 0.29) is 24.3 Å². The summed E-state index contributed by atoms with van der Waals surface area (Å²) in [5, 5.41) is 15.5. The van der Waals surface area contributed by atoms with Crippen molar-refractivity contribution in [3.8, 4) is 5.75 Å². The Balaban J connectivity index is 0.000000856. The van der Waals surface area contributed by atoms with E-state index in [1.165, 1.54) is 19.2 Å². The minimum atomic E-state index is -2.30. The molecule has 0 saturated heterocycles. The third kappa shape index (κ3) is 9.76. The van der Waals surface area contributed by atoms with Crippen LogP contribution in [-0.4, -0.2) is 60.2 Å². The molecule has 2 rings (SSSR count). The molecule has 1 aromatic rings. The molecule has 204 valence electrons. The average Bonchev–Trinajstić information content (AvgIpc) is 3.01. The van der Waals surface area contributed by atoms with E-state index in [9.17, 15) is 23.5 Å². The molecular formula is C26H35F3N4O4. The Morgan fingerprint density at radius 3 is 2.65 bits per heavy atom. The molecule has 0 aromatic carbocycles. The minimum Gasteiger partial charge on any atom is -0.506 e. The SMILES string of the molecule is C=C(F)/C=C\C(=C/C)Cc1cncc(O)c(C)c(=O)n2c(C)c1NCC(F)(CF)C2.COCCNC=O. The van der Waals surface area contributed by atoms with Gasteiger partial charge in [0, 0.05) is 32.0 Å². The lowest BCUT2D eigenvalue weighted by molar-refractivity contribution is -0.109. The largest absolute Gasteiger partial charge is 0.506 e. The van der Waals surface area contributed by atoms with Crippen molar-refractivity contribution in [1.29, 1.82) is 0 Å². The van der Waals surface area contributed by atoms with Crippen LogP contribution in [0.5, 0.6) is 5.75 Å². The van der Waals surface area contributed by atoms with Crippen LogP contribution in [-0.2, 0) is 22.5 Å². The van der Waals surface area contributed by atoms with Crippen LogP contribution in [0.25, 0.3) is 0 Å². The van der Waals surface area contributed by atoms with Crippen LogP contribution < -0.4 is 16.2 Å². The molecule has 0 radical (unpaired) electrons. The number of allylic oxidation sites excluding steroid dienone is 5. The molecule has 37 heavy (non-hydrogen) atoms. The number of hydrogen-bond acceptors (Lipinski definition) is 6. The molecule has 1 aliphatic heterocycles. The Morgan fingerprint density at radius 1 is 1.38 bits per heavy atom. The van der Waals surface area contributed by atoms with Gasteiger partial charge in [0.1, 0.15) is 18.3 Å². The van der Waals surface area contributed by atoms with Crippen molar-refractivity contribution in [2.75, 3.05) is 38.8 Å². The van der Waals surface area contributed by atoms with Crippen molar-refractivity contribution >= 4 is 12.1 Å². The number of aromatic hydroxyl groups is 1. The zero-order valence-electron chi connectivity index (χ0n) is 21.6. The van der Waals surface area contributed by atoms with Crippen LogP contribution in [0.2, 0.25) is 0 Å². The third-order valence-corrected chi connectivity index (χ3v) is 5.51. The number of nitrogens with zero attached hydrogens (tertiary/aromatic N) is 2. The summed E-state index contributed by atoms with van der Waals surface area (Å²) in [6, 6.07) is 0. The van der Waals surface area contributed by atoms with Crippen molar-refractivity contribution in [2.24, 2.45) is 0 Å². The maximum Gasteiger partial charge on any atom is 0.257 e. The molecule has 1 aromatic heterocycles. The van der Waals surface area contributed by atoms with Gasteiger partial charge in [0.25, 0.3) is 5.56 Å². The standard InChI is InChI=1S/C22H26F3N3O2.C4H9NO2/c1-5-17(7-6-14(2)24)8-18-9-26-10-19(29)15(3)21(30)28-13-22(25,11-23)12-27-20(18)16(28)4;1-7-3-2-5-4-6/h5-7,9-10,27,29H,2,8,11-13H2,1,3-4H3;4H,2-3H2,1H3,(H,5,6)/b7-6-,17-5+,18-9?,19-15?,26-10?;. The number of hydrogen-bond donors (Lipinski definition) is 3. The second-order valence-corrected chi connectivity index (χ2v) is 8.32. The summed E-state index contributed by atoms with van der Waals surface area (Å²) < 4.78 is 47.3. The van der Waals surface area contributed by atoms with Gasteiger partial charge in [-0.3, -0.25) is 14.6 Å². The second kappa shape index (κ2) is 15.5. The van der Waals surface area contributed by atoms with Crippen molar-refractivity contribution in [3.05, 3.63) is 75.8 Å². The molecule has 8 nitrogen and oxygen atoms in total. The highest BCUT2D eigenvalue weighted by molar-refractivity contribution is 5.56. The predicted octanol–water partition coefficient (Wildman–Crippen LogP) is 3.70. The Morgan fingerprint density at radius 2 is 2.08 bits per heavy atom. The van der Waals surface area contributed by atoms with Crippen molar-refractivity contribution in [1.82, 2.24) is 14.9 Å². The first-order valence-electron chi connectivity index (χ1n) is 11.5. The summed E-state index contributed by atoms with van der Waals surface area (Å²) >= 11 is 0. The fourth-order valence-corrected chi connectivity index (χ4v) is 3.33. The van der Waals surface area contributed by atoms with Crippen LogP contribution in [0, 0.1) is 13.8 Å². The van der Waals surface area contributed by atoms with E-state index in [0.29, 0.717) is 42.1 Å². The van der Waals surface area contributed by atoms with Gasteiger partial charge in [-0.25, -0.2) is 13.2 Å². The van der Waals surface area contributed by atoms with Gasteiger partial charge in [0.2, 0.25) is 6.41 Å². The van der Waals surface area contributed by atoms with Crippen LogP contribution in [0.15, 0.2) is 53.4 Å². The second-order valence-electron chi connectivity index (χ2n) is 8.32. The first-order valence-corrected chi connectivity index (χ1v) is 11.5. The summed E-state index contributed by atoms with van der Waals surface area (Å²) in [7, 11) is 1.59. The average molecular weight is 525 g/mol. The number of carbonyl (C=O) groups excluding carboxylic acids is 1. The highest BCUT2D eigenvalue weighted by Gasteiger charge is 2.34. The topological polar surface area (TPSA) is 105 Å². The summed E-state index contributed by atoms with van der Waals surface area (Å²) in [5.74, 6) is -0.976. The van der Waals surface area contributed by atoms with Gasteiger partial charge in [0.05, 0.1) is 37.1 Å². The Kier molecular flexibility index (Phi) is 13.2. The summed E-state index contributed by atoms with van der Waals surface area (Å²) in [5.41, 5.74) is -0.912. The molecule has 1 atom stereocenters. The van der Waals surface area contributed by atoms with E-state index in [1.54, 1.807) is 33.1 Å². The fourth-order valence-electron chi connectivity index (χ4n) is 3.33. The Bertz CT molecular complexity index is 1130. The van der Waals surface area contributed by atoms with Crippen LogP contribution in [0.4, 0.5) is 18.9 Å². The zero-order valence-corrected chi connectivity index (χ0v) is 21.6. The lowest BCUT2D eigenvalue weighted by Crippen LogP contribution is -2.40. The quantitative estimate of drug-likeness (QED) is 0.259. The number of alkyl halides is 2. The highest BCUT2D eigenvalue weighted by Crippen LogP contribution is 2.28. The number of halogens is 3. The molecule has 0 spiro atoms. The molecule has 1 aliphatic rings. The zero-order chi connectivity index (χ0) is 28.0. The summed E-state index contributed by atoms with van der Waals surface area (Å²) in [4.78, 5) is 26.5. The highest BCUT2D eigenvalue weighted by atomic mass is 19.2. The van der Waals surface area contributed by atoms with Gasteiger partial charge in [0.15, 0.2) is 5.67 Å². The number of methoxy groups -OCH3 is 1. The Labute approximate surface area is 214 Å². The number of aromatic nitrogens is 2. The van der Waals surface area contributed by atoms with Crippen molar-refractivity contribution < 1.29 is 27.8 Å². The van der Waals surface area contributed by atoms with Gasteiger partial charge >= 0.3 is 0 Å². The van der Waals surface area contributed by atoms with Gasteiger partial charge in [-0.1, -0.05) is 18.7 Å². The first-order chi connectivity index (χ1) is 17.5. The molecule has 3 N–H and O–H groups in total. The maximum absolute atomic E-state index is 15.0. The fraction of sp³-hybridized carbons (Fsp3) is 0.423. The summed E-state index contributed by atoms with van der Waals surface area (Å²) in [6.07, 6.45) is 8.02. The van der Waals surface area contributed by atoms with E-state index in [0.717, 1.165) is 10.8 Å². The van der Waals surface area contributed by atoms with Crippen molar-refractivity contribution in [2.45, 2.75) is 39.4 Å². The molecular weight excluding hydrogens is 489 g/mol. The molecule has 0 saturated carbocycles. The van der Waals surface area contributed by atoms with E-state index in [1.807, 2.05) is 0 Å². The number of anilines is 1. The van der Waals surface area contributed by atoms with Gasteiger partial charge in [-0.2, -0.15) is 0 Å². The number of fused-ring (bicyclic) bond motifs is 2. The number of nitrogens with one attached hydrogen (secondary N) is 2. The number of amides is 1. The van der Waals surface area contributed by atoms with Crippen LogP contribution in [0.1, 0.15) is 23.7 Å². The lowest BCUT2D eigenvalue weighted by atomic mass is 10.0. The number of rotatable bonds is 9. The van der Waals surface area contributed by atoms with Gasteiger partial charge in [-0.15, -0.1) is 0 Å². The first kappa shape index (κ1) is 31.4. The molecule has 1 amide bonds. The third-order valence-electron chi connectivity index (χ3n) is 5.51. The van der Waals surface area contributed by atoms with E-state index in [2.05, 4.69) is 26.9 Å². The smallest absolute Gasteiger partial charge is 0.257 e. The van der Waals surface area contributed by atoms with Gasteiger partial charge in [-0.05, 0) is 38.0 Å². The molecule has 1 unspecified atom stereocenters. The van der Waals surface area contributed by atoms with E-state index in [4.69, 9.17) is 0 Å². The maximum atomic E-state index is 15.0. The van der Waals surface area contributed by atoms with Crippen LogP contribution in [0.3, 0.4) is 0 Å². The predicted molar refractivity (Wildman–Crippen MR) is 138 cm³/mol. The molecule has 11 heteroatoms. The number of carbonyl (C=O) groups is 1. The Hall–Kier alpha value is -3.60. The van der Waals surface area contributed by atoms with Crippen molar-refractivity contribution in [3.63, 3.8) is 0 Å². The monoisotopic (exact) mass is 524 g/mol. The summed E-state index contributed by atoms with van der Waals surface area (Å²) in [6.45, 7) is 7.01. The minimum absolute atomic E-state index is 0.0315. The van der Waals surface area contributed by atoms with Crippen LogP contribution >= 0.6 is 0 Å². The van der Waals surface area contributed by atoms with E-state index >= 15 is 4.39 Å². The van der Waals surface area contributed by atoms with Gasteiger partial charge < -0.3 is 25.0 Å². The normalized spacial score (nSPS) is 16.6. The molecule has 2 heterocycles. The molecule has 2 bridgehead atoms. The number of ether oxygens (including phenoxy) is 1. The molecule has 0 fully saturated rings. The van der Waals surface area contributed by atoms with E-state index < -0.39 is 30.3 Å². The lowest BCUT2D eigenvalue weighted by Gasteiger charge is -2.20.